The van der Waals surface area contributed by atoms with Crippen molar-refractivity contribution in [3.05, 3.63) is 64.3 Å². The van der Waals surface area contributed by atoms with Crippen LogP contribution in [0, 0.1) is 0 Å². The Labute approximate surface area is 211 Å². The van der Waals surface area contributed by atoms with Gasteiger partial charge in [0.05, 0.1) is 4.91 Å². The molecule has 2 aromatic rings. The number of aromatic nitrogens is 1. The molecule has 11 heteroatoms. The molecule has 0 bridgehead atoms. The molecular weight excluding hydrogens is 466 g/mol. The van der Waals surface area contributed by atoms with Crippen LogP contribution in [0.25, 0.3) is 6.08 Å². The van der Waals surface area contributed by atoms with E-state index in [1.807, 2.05) is 12.1 Å². The molecule has 1 fully saturated rings. The lowest BCUT2D eigenvalue weighted by Crippen LogP contribution is -2.32. The fraction of sp³-hybridized carbons (Fsp3) is 0.292. The summed E-state index contributed by atoms with van der Waals surface area (Å²) in [7, 11) is 0. The van der Waals surface area contributed by atoms with Crippen molar-refractivity contribution >= 4 is 46.4 Å². The lowest BCUT2D eigenvalue weighted by Gasteiger charge is -2.12. The van der Waals surface area contributed by atoms with Gasteiger partial charge in [-0.3, -0.25) is 24.3 Å². The molecule has 35 heavy (non-hydrogen) atoms. The van der Waals surface area contributed by atoms with Crippen LogP contribution in [0.1, 0.15) is 52.3 Å². The molecule has 1 saturated heterocycles. The molecule has 3 amide bonds. The van der Waals surface area contributed by atoms with Crippen molar-refractivity contribution in [2.75, 3.05) is 11.9 Å². The number of nitrogens with two attached hydrogens (primary N) is 2. The van der Waals surface area contributed by atoms with Gasteiger partial charge < -0.3 is 16.6 Å². The highest BCUT2D eigenvalue weighted by atomic mass is 32.2. The summed E-state index contributed by atoms with van der Waals surface area (Å²) >= 11 is 0.901. The molecule has 1 aromatic heterocycles. The lowest BCUT2D eigenvalue weighted by atomic mass is 10.1. The number of nitrogens with zero attached hydrogens (tertiary/aromatic N) is 3. The Morgan fingerprint density at radius 3 is 2.60 bits per heavy atom. The first kappa shape index (κ1) is 25.9. The van der Waals surface area contributed by atoms with Crippen molar-refractivity contribution < 1.29 is 17.2 Å². The fourth-order valence-electron chi connectivity index (χ4n) is 3.40. The molecule has 0 radical (unpaired) electrons. The van der Waals surface area contributed by atoms with Gasteiger partial charge in [-0.25, -0.2) is 5.84 Å². The van der Waals surface area contributed by atoms with Gasteiger partial charge in [0.15, 0.2) is 5.84 Å². The number of amidine groups is 1. The molecule has 0 spiro atoms. The van der Waals surface area contributed by atoms with E-state index in [-0.39, 0.29) is 32.9 Å². The van der Waals surface area contributed by atoms with Crippen molar-refractivity contribution in [2.24, 2.45) is 16.8 Å². The lowest BCUT2D eigenvalue weighted by molar-refractivity contribution is -0.123. The second kappa shape index (κ2) is 12.7. The molecule has 0 atom stereocenters. The molecule has 1 aliphatic rings. The van der Waals surface area contributed by atoms with Crippen molar-refractivity contribution in [3.63, 3.8) is 0 Å². The minimum absolute atomic E-state index is 0. The molecule has 2 heterocycles. The number of carbonyl (C=O) groups is 3. The van der Waals surface area contributed by atoms with Gasteiger partial charge in [0.25, 0.3) is 11.1 Å². The Morgan fingerprint density at radius 1 is 1.20 bits per heavy atom. The highest BCUT2D eigenvalue weighted by Crippen LogP contribution is 2.32. The summed E-state index contributed by atoms with van der Waals surface area (Å²) in [4.78, 5) is 43.3. The maximum atomic E-state index is 12.7. The highest BCUT2D eigenvalue weighted by Gasteiger charge is 2.34. The first-order valence-electron chi connectivity index (χ1n) is 11.3. The van der Waals surface area contributed by atoms with Gasteiger partial charge in [0, 0.05) is 39.0 Å². The number of hydrogen-bond donors (Lipinski definition) is 4. The van der Waals surface area contributed by atoms with Crippen LogP contribution in [0.3, 0.4) is 0 Å². The largest absolute Gasteiger partial charge is 0.326 e. The summed E-state index contributed by atoms with van der Waals surface area (Å²) in [6.07, 6.45) is 7.00. The number of pyridine rings is 1. The predicted molar refractivity (Wildman–Crippen MR) is 142 cm³/mol. The van der Waals surface area contributed by atoms with E-state index in [0.717, 1.165) is 42.3 Å². The molecular formula is C24H33N7O3S. The summed E-state index contributed by atoms with van der Waals surface area (Å²) < 4.78 is 0. The second-order valence-corrected chi connectivity index (χ2v) is 8.86. The average Bonchev–Trinajstić information content (AvgIpc) is 3.12. The molecule has 1 aromatic carbocycles. The van der Waals surface area contributed by atoms with Crippen LogP contribution in [0.4, 0.5) is 10.5 Å². The predicted octanol–water partition coefficient (Wildman–Crippen LogP) is 3.46. The number of amides is 3. The van der Waals surface area contributed by atoms with E-state index in [1.54, 1.807) is 36.5 Å². The number of hydrazine groups is 1. The third kappa shape index (κ3) is 7.14. The molecule has 3 rings (SSSR count). The molecule has 10 nitrogen and oxygen atoms in total. The van der Waals surface area contributed by atoms with E-state index in [0.29, 0.717) is 28.4 Å². The van der Waals surface area contributed by atoms with Crippen molar-refractivity contribution in [3.8, 4) is 0 Å². The first-order valence-corrected chi connectivity index (χ1v) is 12.1. The summed E-state index contributed by atoms with van der Waals surface area (Å²) in [6.45, 7) is 2.30. The van der Waals surface area contributed by atoms with E-state index in [1.165, 1.54) is 4.90 Å². The zero-order valence-corrected chi connectivity index (χ0v) is 20.3. The number of carbonyl (C=O) groups excluding carboxylic acids is 3. The second-order valence-electron chi connectivity index (χ2n) is 7.87. The van der Waals surface area contributed by atoms with Crippen molar-refractivity contribution in [1.82, 2.24) is 15.3 Å². The normalized spacial score (nSPS) is 15.1. The Morgan fingerprint density at radius 2 is 1.97 bits per heavy atom. The standard InChI is InChI=1S/C24H29N7O3S.2H2/c1-2-3-5-18-10-7-16(15-27-18)14-20-23(33)31(24(34)35-20)13-4-6-21(32)28-19-11-8-17(9-12-19)22(29-25)30-26;;/h7-12,14-15H,2-6,13,25-26H2,1H3,(H,28,32)(H,29,30);2*1H/b20-14-;;. The number of hydrogen-bond acceptors (Lipinski definition) is 8. The molecule has 188 valence electrons. The van der Waals surface area contributed by atoms with E-state index >= 15 is 0 Å². The van der Waals surface area contributed by atoms with Gasteiger partial charge in [-0.2, -0.15) is 5.10 Å². The van der Waals surface area contributed by atoms with E-state index in [9.17, 15) is 14.4 Å². The summed E-state index contributed by atoms with van der Waals surface area (Å²) in [5.41, 5.74) is 5.43. The number of nitrogens with one attached hydrogen (secondary N) is 2. The van der Waals surface area contributed by atoms with Crippen molar-refractivity contribution in [2.45, 2.75) is 39.0 Å². The number of rotatable bonds is 10. The van der Waals surface area contributed by atoms with E-state index in [2.05, 4.69) is 27.8 Å². The Kier molecular flexibility index (Phi) is 9.39. The number of hydrazone groups is 1. The number of unbranched alkanes of at least 4 members (excludes halogenated alkanes) is 1. The fourth-order valence-corrected chi connectivity index (χ4v) is 4.26. The zero-order valence-electron chi connectivity index (χ0n) is 19.5. The number of thioether (sulfide) groups is 1. The summed E-state index contributed by atoms with van der Waals surface area (Å²) in [6, 6.07) is 10.7. The third-order valence-electron chi connectivity index (χ3n) is 5.30. The highest BCUT2D eigenvalue weighted by molar-refractivity contribution is 8.18. The molecule has 0 aliphatic carbocycles. The molecule has 1 aliphatic heterocycles. The molecule has 6 N–H and O–H groups in total. The SMILES string of the molecule is CCCCc1ccc(/C=C2\SC(=O)N(CCCC(=O)Nc3ccc(/C(=N/N)NN)cc3)C2=O)cn1.[HH].[HH]. The van der Waals surface area contributed by atoms with Crippen LogP contribution in [0.15, 0.2) is 52.6 Å². The molecule has 0 saturated carbocycles. The van der Waals surface area contributed by atoms with Crippen molar-refractivity contribution in [1.29, 1.82) is 0 Å². The quantitative estimate of drug-likeness (QED) is 0.127. The minimum atomic E-state index is -0.350. The van der Waals surface area contributed by atoms with E-state index < -0.39 is 0 Å². The van der Waals surface area contributed by atoms with Crippen LogP contribution in [0.5, 0.6) is 0 Å². The maximum Gasteiger partial charge on any atom is 0.293 e. The van der Waals surface area contributed by atoms with Gasteiger partial charge >= 0.3 is 0 Å². The van der Waals surface area contributed by atoms with Crippen LogP contribution < -0.4 is 22.4 Å². The number of imide groups is 1. The van der Waals surface area contributed by atoms with Crippen LogP contribution in [-0.4, -0.2) is 39.3 Å². The van der Waals surface area contributed by atoms with Gasteiger partial charge in [-0.15, -0.1) is 0 Å². The smallest absolute Gasteiger partial charge is 0.293 e. The summed E-state index contributed by atoms with van der Waals surface area (Å²) in [5.74, 6) is 10.3. The minimum Gasteiger partial charge on any atom is -0.326 e. The Bertz CT molecular complexity index is 1130. The zero-order chi connectivity index (χ0) is 25.2. The number of anilines is 1. The third-order valence-corrected chi connectivity index (χ3v) is 6.21. The Hall–Kier alpha value is -3.70. The first-order chi connectivity index (χ1) is 16.9. The van der Waals surface area contributed by atoms with Gasteiger partial charge in [0.2, 0.25) is 5.91 Å². The topological polar surface area (TPSA) is 156 Å². The van der Waals surface area contributed by atoms with Gasteiger partial charge in [0.1, 0.15) is 0 Å². The average molecular weight is 500 g/mol. The van der Waals surface area contributed by atoms with Gasteiger partial charge in [-0.05, 0) is 73.0 Å². The van der Waals surface area contributed by atoms with E-state index in [4.69, 9.17) is 11.7 Å². The summed E-state index contributed by atoms with van der Waals surface area (Å²) in [5, 5.41) is 5.96. The number of aryl methyl sites for hydroxylation is 1. The van der Waals surface area contributed by atoms with Gasteiger partial charge in [-0.1, -0.05) is 19.4 Å². The van der Waals surface area contributed by atoms with Crippen LogP contribution >= 0.6 is 11.8 Å². The van der Waals surface area contributed by atoms with Crippen LogP contribution in [0.2, 0.25) is 0 Å². The monoisotopic (exact) mass is 499 g/mol. The number of benzene rings is 1. The van der Waals surface area contributed by atoms with Crippen LogP contribution in [-0.2, 0) is 16.0 Å². The Balaban J connectivity index is 0.00000342. The molecule has 0 unspecified atom stereocenters. The maximum absolute atomic E-state index is 12.7.